The number of rotatable bonds is 5. The molecule has 1 aromatic carbocycles. The zero-order valence-electron chi connectivity index (χ0n) is 9.39. The molecule has 1 rings (SSSR count). The third-order valence-electron chi connectivity index (χ3n) is 2.18. The lowest BCUT2D eigenvalue weighted by Gasteiger charge is -2.14. The van der Waals surface area contributed by atoms with Crippen molar-refractivity contribution in [3.63, 3.8) is 0 Å². The van der Waals surface area contributed by atoms with E-state index < -0.39 is 0 Å². The number of benzene rings is 1. The van der Waals surface area contributed by atoms with Crippen molar-refractivity contribution in [3.8, 4) is 0 Å². The second-order valence-electron chi connectivity index (χ2n) is 3.79. The van der Waals surface area contributed by atoms with E-state index in [9.17, 15) is 4.39 Å². The molecule has 0 aromatic heterocycles. The molecule has 0 aliphatic heterocycles. The van der Waals surface area contributed by atoms with Crippen LogP contribution in [0.5, 0.6) is 0 Å². The first-order chi connectivity index (χ1) is 7.54. The van der Waals surface area contributed by atoms with Crippen molar-refractivity contribution >= 4 is 39.1 Å². The Morgan fingerprint density at radius 3 is 2.88 bits per heavy atom. The Labute approximate surface area is 108 Å². The molecule has 0 radical (unpaired) electrons. The summed E-state index contributed by atoms with van der Waals surface area (Å²) in [6, 6.07) is 3.00. The van der Waals surface area contributed by atoms with Crippen molar-refractivity contribution in [2.45, 2.75) is 6.92 Å². The molecule has 16 heavy (non-hydrogen) atoms. The van der Waals surface area contributed by atoms with Crippen molar-refractivity contribution in [2.24, 2.45) is 5.92 Å². The number of nitrogen functional groups attached to an aromatic ring is 1. The largest absolute Gasteiger partial charge is 0.397 e. The highest BCUT2D eigenvalue weighted by Gasteiger charge is 2.07. The quantitative estimate of drug-likeness (QED) is 0.817. The van der Waals surface area contributed by atoms with Crippen molar-refractivity contribution in [1.29, 1.82) is 0 Å². The fourth-order valence-corrected chi connectivity index (χ4v) is 2.37. The number of halogens is 2. The van der Waals surface area contributed by atoms with Gasteiger partial charge in [0, 0.05) is 12.6 Å². The smallest absolute Gasteiger partial charge is 0.139 e. The van der Waals surface area contributed by atoms with Crippen LogP contribution < -0.4 is 11.1 Å². The van der Waals surface area contributed by atoms with Crippen LogP contribution in [0, 0.1) is 11.7 Å². The highest BCUT2D eigenvalue weighted by molar-refractivity contribution is 9.10. The number of anilines is 2. The summed E-state index contributed by atoms with van der Waals surface area (Å²) >= 11 is 4.96. The molecule has 1 atom stereocenters. The van der Waals surface area contributed by atoms with Crippen molar-refractivity contribution in [2.75, 3.05) is 29.6 Å². The van der Waals surface area contributed by atoms with Gasteiger partial charge in [-0.15, -0.1) is 0 Å². The summed E-state index contributed by atoms with van der Waals surface area (Å²) in [5, 5.41) is 3.23. The van der Waals surface area contributed by atoms with Crippen LogP contribution in [0.1, 0.15) is 6.92 Å². The maximum Gasteiger partial charge on any atom is 0.139 e. The van der Waals surface area contributed by atoms with Crippen LogP contribution in [0.25, 0.3) is 0 Å². The van der Waals surface area contributed by atoms with Crippen molar-refractivity contribution < 1.29 is 4.39 Å². The van der Waals surface area contributed by atoms with E-state index in [-0.39, 0.29) is 5.82 Å². The zero-order chi connectivity index (χ0) is 12.1. The monoisotopic (exact) mass is 306 g/mol. The molecule has 90 valence electrons. The molecule has 0 aliphatic carbocycles. The summed E-state index contributed by atoms with van der Waals surface area (Å²) in [7, 11) is 0. The maximum atomic E-state index is 13.1. The van der Waals surface area contributed by atoms with Gasteiger partial charge in [-0.3, -0.25) is 0 Å². The minimum Gasteiger partial charge on any atom is -0.397 e. The highest BCUT2D eigenvalue weighted by atomic mass is 79.9. The Bertz CT molecular complexity index is 360. The Morgan fingerprint density at radius 2 is 2.25 bits per heavy atom. The van der Waals surface area contributed by atoms with E-state index in [0.29, 0.717) is 16.1 Å². The van der Waals surface area contributed by atoms with E-state index in [1.54, 1.807) is 6.07 Å². The average molecular weight is 307 g/mol. The van der Waals surface area contributed by atoms with Crippen LogP contribution in [-0.4, -0.2) is 18.6 Å². The average Bonchev–Trinajstić information content (AvgIpc) is 2.22. The Hall–Kier alpha value is -0.420. The second-order valence-corrected chi connectivity index (χ2v) is 5.56. The predicted octanol–water partition coefficient (Wildman–Crippen LogP) is 3.58. The molecule has 0 heterocycles. The predicted molar refractivity (Wildman–Crippen MR) is 74.5 cm³/mol. The van der Waals surface area contributed by atoms with Crippen molar-refractivity contribution in [1.82, 2.24) is 0 Å². The summed E-state index contributed by atoms with van der Waals surface area (Å²) in [6.45, 7) is 3.00. The summed E-state index contributed by atoms with van der Waals surface area (Å²) in [6.07, 6.45) is 2.08. The van der Waals surface area contributed by atoms with Gasteiger partial charge in [-0.1, -0.05) is 6.92 Å². The van der Waals surface area contributed by atoms with Gasteiger partial charge < -0.3 is 11.1 Å². The Morgan fingerprint density at radius 1 is 1.56 bits per heavy atom. The molecule has 0 amide bonds. The van der Waals surface area contributed by atoms with E-state index in [2.05, 4.69) is 34.4 Å². The van der Waals surface area contributed by atoms with E-state index in [0.717, 1.165) is 18.0 Å². The molecule has 0 saturated heterocycles. The minimum atomic E-state index is -0.333. The van der Waals surface area contributed by atoms with E-state index in [1.807, 2.05) is 11.8 Å². The van der Waals surface area contributed by atoms with Crippen LogP contribution in [0.15, 0.2) is 16.6 Å². The topological polar surface area (TPSA) is 38.0 Å². The van der Waals surface area contributed by atoms with Gasteiger partial charge in [-0.25, -0.2) is 4.39 Å². The summed E-state index contributed by atoms with van der Waals surface area (Å²) in [4.78, 5) is 0. The van der Waals surface area contributed by atoms with Crippen molar-refractivity contribution in [3.05, 3.63) is 22.4 Å². The summed E-state index contributed by atoms with van der Waals surface area (Å²) < 4.78 is 13.6. The Kier molecular flexibility index (Phi) is 5.41. The first-order valence-corrected chi connectivity index (χ1v) is 7.20. The van der Waals surface area contributed by atoms with Gasteiger partial charge in [0.25, 0.3) is 0 Å². The van der Waals surface area contributed by atoms with Crippen LogP contribution >= 0.6 is 27.7 Å². The van der Waals surface area contributed by atoms with Gasteiger partial charge in [0.2, 0.25) is 0 Å². The van der Waals surface area contributed by atoms with Gasteiger partial charge in [-0.2, -0.15) is 11.8 Å². The number of thioether (sulfide) groups is 1. The molecule has 0 bridgehead atoms. The number of nitrogens with one attached hydrogen (secondary N) is 1. The molecule has 1 unspecified atom stereocenters. The number of hydrogen-bond donors (Lipinski definition) is 2. The van der Waals surface area contributed by atoms with Crippen LogP contribution in [0.3, 0.4) is 0 Å². The van der Waals surface area contributed by atoms with Crippen LogP contribution in [-0.2, 0) is 0 Å². The normalized spacial score (nSPS) is 12.5. The second kappa shape index (κ2) is 6.35. The van der Waals surface area contributed by atoms with Crippen LogP contribution in [0.2, 0.25) is 0 Å². The lowest BCUT2D eigenvalue weighted by atomic mass is 10.2. The SMILES string of the molecule is CSCC(C)CNc1cc(Br)c(F)cc1N. The van der Waals surface area contributed by atoms with Gasteiger partial charge in [-0.05, 0) is 39.9 Å². The summed E-state index contributed by atoms with van der Waals surface area (Å²) in [5.41, 5.74) is 6.94. The lowest BCUT2D eigenvalue weighted by Crippen LogP contribution is -2.14. The molecule has 1 aromatic rings. The zero-order valence-corrected chi connectivity index (χ0v) is 11.8. The molecular weight excluding hydrogens is 291 g/mol. The molecule has 5 heteroatoms. The molecule has 0 saturated carbocycles. The Balaban J connectivity index is 2.63. The van der Waals surface area contributed by atoms with Crippen LogP contribution in [0.4, 0.5) is 15.8 Å². The third kappa shape index (κ3) is 3.87. The van der Waals surface area contributed by atoms with Gasteiger partial charge in [0.1, 0.15) is 5.82 Å². The minimum absolute atomic E-state index is 0.333. The third-order valence-corrected chi connectivity index (χ3v) is 3.69. The highest BCUT2D eigenvalue weighted by Crippen LogP contribution is 2.26. The lowest BCUT2D eigenvalue weighted by molar-refractivity contribution is 0.622. The fraction of sp³-hybridized carbons (Fsp3) is 0.455. The first kappa shape index (κ1) is 13.6. The molecule has 0 fully saturated rings. The van der Waals surface area contributed by atoms with Gasteiger partial charge in [0.05, 0.1) is 15.8 Å². The van der Waals surface area contributed by atoms with E-state index in [4.69, 9.17) is 5.73 Å². The molecule has 3 N–H and O–H groups in total. The summed E-state index contributed by atoms with van der Waals surface area (Å²) in [5.74, 6) is 1.31. The van der Waals surface area contributed by atoms with E-state index in [1.165, 1.54) is 6.07 Å². The first-order valence-electron chi connectivity index (χ1n) is 5.02. The molecule has 0 spiro atoms. The van der Waals surface area contributed by atoms with Gasteiger partial charge >= 0.3 is 0 Å². The maximum absolute atomic E-state index is 13.1. The number of nitrogens with two attached hydrogens (primary N) is 1. The molecule has 2 nitrogen and oxygen atoms in total. The fourth-order valence-electron chi connectivity index (χ4n) is 1.34. The standard InChI is InChI=1S/C11H16BrFN2S/c1-7(6-16-2)5-15-11-3-8(12)9(13)4-10(11)14/h3-4,7,15H,5-6,14H2,1-2H3. The van der Waals surface area contributed by atoms with E-state index >= 15 is 0 Å². The van der Waals surface area contributed by atoms with Gasteiger partial charge in [0.15, 0.2) is 0 Å². The molecule has 0 aliphatic rings. The number of hydrogen-bond acceptors (Lipinski definition) is 3. The molecular formula is C11H16BrFN2S.